The summed E-state index contributed by atoms with van der Waals surface area (Å²) >= 11 is 0. The monoisotopic (exact) mass is 640 g/mol. The second kappa shape index (κ2) is 12.6. The van der Waals surface area contributed by atoms with E-state index < -0.39 is 0 Å². The smallest absolute Gasteiger partial charge is 0.178 e. The summed E-state index contributed by atoms with van der Waals surface area (Å²) in [4.78, 5) is 28.5. The van der Waals surface area contributed by atoms with E-state index in [2.05, 4.69) is 107 Å². The van der Waals surface area contributed by atoms with E-state index in [0.717, 1.165) is 78.0 Å². The van der Waals surface area contributed by atoms with Gasteiger partial charge in [-0.25, -0.2) is 29.9 Å². The summed E-state index contributed by atoms with van der Waals surface area (Å²) in [6.45, 7) is 0. The Hall–Kier alpha value is -6.92. The van der Waals surface area contributed by atoms with Gasteiger partial charge >= 0.3 is 0 Å². The lowest BCUT2D eigenvalue weighted by molar-refractivity contribution is 1.15. The van der Waals surface area contributed by atoms with Crippen molar-refractivity contribution in [1.82, 2.24) is 29.9 Å². The van der Waals surface area contributed by atoms with Gasteiger partial charge < -0.3 is 0 Å². The maximum absolute atomic E-state index is 5.03. The molecule has 0 unspecified atom stereocenters. The van der Waals surface area contributed by atoms with Crippen LogP contribution in [0.3, 0.4) is 0 Å². The Bertz CT molecular complexity index is 2570. The Morgan fingerprint density at radius 3 is 1.56 bits per heavy atom. The first kappa shape index (κ1) is 29.2. The third kappa shape index (κ3) is 5.76. The summed E-state index contributed by atoms with van der Waals surface area (Å²) in [5.41, 5.74) is 11.6. The Morgan fingerprint density at radius 1 is 0.280 bits per heavy atom. The van der Waals surface area contributed by atoms with Crippen LogP contribution in [0.4, 0.5) is 0 Å². The molecule has 0 saturated carbocycles. The number of hydrogen-bond acceptors (Lipinski definition) is 6. The molecule has 6 heteroatoms. The molecular weight excluding hydrogens is 613 g/mol. The SMILES string of the molecule is c1ccc(-c2cc(-c3ccc(-c4ccc5cc(-c6ccc7ccc(-c8ncccn8)nc7c6)ccc5n4)cc3)nc(-c3ccccc3)n2)cc1. The first-order valence-corrected chi connectivity index (χ1v) is 16.4. The molecule has 9 aromatic rings. The number of pyridine rings is 2. The topological polar surface area (TPSA) is 77.3 Å². The third-order valence-corrected chi connectivity index (χ3v) is 8.81. The summed E-state index contributed by atoms with van der Waals surface area (Å²) in [6, 6.07) is 53.7. The molecule has 9 rings (SSSR count). The van der Waals surface area contributed by atoms with Gasteiger partial charge in [0.15, 0.2) is 11.6 Å². The maximum atomic E-state index is 5.03. The molecule has 0 bridgehead atoms. The number of nitrogens with zero attached hydrogens (tertiary/aromatic N) is 6. The lowest BCUT2D eigenvalue weighted by atomic mass is 10.0. The van der Waals surface area contributed by atoms with E-state index in [0.29, 0.717) is 11.6 Å². The molecule has 234 valence electrons. The van der Waals surface area contributed by atoms with Gasteiger partial charge in [0.25, 0.3) is 0 Å². The van der Waals surface area contributed by atoms with Crippen molar-refractivity contribution >= 4 is 21.8 Å². The van der Waals surface area contributed by atoms with Crippen molar-refractivity contribution in [3.8, 4) is 67.8 Å². The molecule has 4 heterocycles. The van der Waals surface area contributed by atoms with E-state index in [4.69, 9.17) is 19.9 Å². The number of fused-ring (bicyclic) bond motifs is 2. The quantitative estimate of drug-likeness (QED) is 0.180. The molecule has 5 aromatic carbocycles. The standard InChI is InChI=1S/C44H28N6/c1-3-8-29(9-4-1)41-28-42(50-43(49-41)33-10-5-2-6-11-33)31-14-12-30(13-15-31)37-22-20-36-26-34(19-21-38(36)47-37)35-17-16-32-18-23-39(48-40(32)27-35)44-45-24-7-25-46-44/h1-28H. The molecule has 0 aliphatic rings. The molecule has 0 aliphatic carbocycles. The summed E-state index contributed by atoms with van der Waals surface area (Å²) in [7, 11) is 0. The van der Waals surface area contributed by atoms with E-state index in [1.807, 2.05) is 54.6 Å². The van der Waals surface area contributed by atoms with Crippen LogP contribution in [0.5, 0.6) is 0 Å². The Morgan fingerprint density at radius 2 is 0.820 bits per heavy atom. The molecule has 4 aromatic heterocycles. The number of rotatable bonds is 6. The van der Waals surface area contributed by atoms with Crippen LogP contribution in [0.1, 0.15) is 0 Å². The highest BCUT2D eigenvalue weighted by Gasteiger charge is 2.12. The fourth-order valence-electron chi connectivity index (χ4n) is 6.20. The molecule has 0 fully saturated rings. The van der Waals surface area contributed by atoms with Crippen molar-refractivity contribution in [3.63, 3.8) is 0 Å². The van der Waals surface area contributed by atoms with Crippen molar-refractivity contribution in [2.24, 2.45) is 0 Å². The normalized spacial score (nSPS) is 11.2. The predicted octanol–water partition coefficient (Wildman–Crippen LogP) is 10.4. The van der Waals surface area contributed by atoms with E-state index >= 15 is 0 Å². The molecule has 0 amide bonds. The fraction of sp³-hybridized carbons (Fsp3) is 0. The van der Waals surface area contributed by atoms with Gasteiger partial charge in [0, 0.05) is 45.4 Å². The first-order chi connectivity index (χ1) is 24.7. The zero-order valence-electron chi connectivity index (χ0n) is 26.8. The van der Waals surface area contributed by atoms with Crippen LogP contribution in [-0.2, 0) is 0 Å². The van der Waals surface area contributed by atoms with Crippen molar-refractivity contribution < 1.29 is 0 Å². The van der Waals surface area contributed by atoms with Crippen LogP contribution in [-0.4, -0.2) is 29.9 Å². The largest absolute Gasteiger partial charge is 0.248 e. The van der Waals surface area contributed by atoms with Crippen LogP contribution < -0.4 is 0 Å². The van der Waals surface area contributed by atoms with Gasteiger partial charge in [-0.2, -0.15) is 0 Å². The highest BCUT2D eigenvalue weighted by Crippen LogP contribution is 2.31. The van der Waals surface area contributed by atoms with Crippen LogP contribution >= 0.6 is 0 Å². The van der Waals surface area contributed by atoms with Gasteiger partial charge in [-0.15, -0.1) is 0 Å². The average molecular weight is 641 g/mol. The fourth-order valence-corrected chi connectivity index (χ4v) is 6.20. The summed E-state index contributed by atoms with van der Waals surface area (Å²) in [5.74, 6) is 1.32. The second-order valence-electron chi connectivity index (χ2n) is 12.1. The van der Waals surface area contributed by atoms with Gasteiger partial charge in [0.2, 0.25) is 0 Å². The molecule has 0 spiro atoms. The zero-order valence-corrected chi connectivity index (χ0v) is 26.8. The number of aromatic nitrogens is 6. The molecule has 0 aliphatic heterocycles. The third-order valence-electron chi connectivity index (χ3n) is 8.81. The van der Waals surface area contributed by atoms with Crippen molar-refractivity contribution in [2.45, 2.75) is 0 Å². The minimum absolute atomic E-state index is 0.616. The number of hydrogen-bond donors (Lipinski definition) is 0. The van der Waals surface area contributed by atoms with Gasteiger partial charge in [-0.1, -0.05) is 115 Å². The molecule has 0 atom stereocenters. The van der Waals surface area contributed by atoms with Crippen LogP contribution in [0.25, 0.3) is 89.6 Å². The minimum Gasteiger partial charge on any atom is -0.248 e. The predicted molar refractivity (Wildman–Crippen MR) is 201 cm³/mol. The van der Waals surface area contributed by atoms with Crippen molar-refractivity contribution in [3.05, 3.63) is 170 Å². The highest BCUT2D eigenvalue weighted by atomic mass is 14.9. The molecule has 0 saturated heterocycles. The summed E-state index contributed by atoms with van der Waals surface area (Å²) in [6.07, 6.45) is 3.47. The molecular formula is C44H28N6. The van der Waals surface area contributed by atoms with Crippen LogP contribution in [0, 0.1) is 0 Å². The summed E-state index contributed by atoms with van der Waals surface area (Å²) in [5, 5.41) is 2.14. The van der Waals surface area contributed by atoms with E-state index in [1.165, 1.54) is 0 Å². The first-order valence-electron chi connectivity index (χ1n) is 16.4. The summed E-state index contributed by atoms with van der Waals surface area (Å²) < 4.78 is 0. The van der Waals surface area contributed by atoms with Gasteiger partial charge in [0.1, 0.15) is 5.69 Å². The van der Waals surface area contributed by atoms with E-state index in [9.17, 15) is 0 Å². The Kier molecular flexibility index (Phi) is 7.37. The zero-order chi connectivity index (χ0) is 33.3. The van der Waals surface area contributed by atoms with Crippen LogP contribution in [0.2, 0.25) is 0 Å². The second-order valence-corrected chi connectivity index (χ2v) is 12.1. The molecule has 0 radical (unpaired) electrons. The lowest BCUT2D eigenvalue weighted by Gasteiger charge is -2.10. The minimum atomic E-state index is 0.616. The molecule has 6 nitrogen and oxygen atoms in total. The Balaban J connectivity index is 1.01. The average Bonchev–Trinajstić information content (AvgIpc) is 3.21. The van der Waals surface area contributed by atoms with E-state index in [1.54, 1.807) is 18.5 Å². The highest BCUT2D eigenvalue weighted by molar-refractivity contribution is 5.90. The molecule has 50 heavy (non-hydrogen) atoms. The lowest BCUT2D eigenvalue weighted by Crippen LogP contribution is -1.96. The molecule has 0 N–H and O–H groups in total. The van der Waals surface area contributed by atoms with Gasteiger partial charge in [-0.05, 0) is 53.6 Å². The number of benzene rings is 5. The van der Waals surface area contributed by atoms with Crippen LogP contribution in [0.15, 0.2) is 170 Å². The van der Waals surface area contributed by atoms with Gasteiger partial charge in [0.05, 0.1) is 28.1 Å². The Labute approximate surface area is 288 Å². The van der Waals surface area contributed by atoms with Gasteiger partial charge in [-0.3, -0.25) is 0 Å². The van der Waals surface area contributed by atoms with E-state index in [-0.39, 0.29) is 0 Å². The maximum Gasteiger partial charge on any atom is 0.178 e. The van der Waals surface area contributed by atoms with Crippen molar-refractivity contribution in [2.75, 3.05) is 0 Å². The van der Waals surface area contributed by atoms with Crippen molar-refractivity contribution in [1.29, 1.82) is 0 Å².